The van der Waals surface area contributed by atoms with Gasteiger partial charge in [0, 0.05) is 11.7 Å². The van der Waals surface area contributed by atoms with E-state index in [0.717, 1.165) is 25.7 Å². The molecular formula is C13H16Cl2N2O2S. The summed E-state index contributed by atoms with van der Waals surface area (Å²) >= 11 is 12.0. The van der Waals surface area contributed by atoms with Crippen LogP contribution in [0.5, 0.6) is 0 Å². The molecule has 2 aliphatic rings. The van der Waals surface area contributed by atoms with E-state index in [1.807, 2.05) is 0 Å². The summed E-state index contributed by atoms with van der Waals surface area (Å²) in [7, 11) is -3.72. The van der Waals surface area contributed by atoms with E-state index in [2.05, 4.69) is 4.72 Å². The van der Waals surface area contributed by atoms with E-state index in [4.69, 9.17) is 28.9 Å². The van der Waals surface area contributed by atoms with E-state index in [1.54, 1.807) is 0 Å². The van der Waals surface area contributed by atoms with E-state index in [0.29, 0.717) is 17.5 Å². The predicted octanol–water partition coefficient (Wildman–Crippen LogP) is 3.04. The lowest BCUT2D eigenvalue weighted by molar-refractivity contribution is 0.471. The van der Waals surface area contributed by atoms with E-state index >= 15 is 0 Å². The third kappa shape index (κ3) is 2.91. The SMILES string of the molecule is Nc1cc(Cl)c(S(=O)(=O)NC(C2CC2)C2CC2)c(Cl)c1. The van der Waals surface area contributed by atoms with E-state index < -0.39 is 10.0 Å². The Morgan fingerprint density at radius 2 is 1.55 bits per heavy atom. The van der Waals surface area contributed by atoms with Crippen LogP contribution in [0.2, 0.25) is 10.0 Å². The Kier molecular flexibility index (Phi) is 3.65. The molecule has 1 aromatic rings. The molecule has 0 bridgehead atoms. The van der Waals surface area contributed by atoms with Gasteiger partial charge in [0.05, 0.1) is 10.0 Å². The zero-order chi connectivity index (χ0) is 14.5. The first-order chi connectivity index (χ1) is 9.38. The summed E-state index contributed by atoms with van der Waals surface area (Å²) in [5.74, 6) is 0.923. The predicted molar refractivity (Wildman–Crippen MR) is 80.4 cm³/mol. The Bertz CT molecular complexity index is 605. The first kappa shape index (κ1) is 14.4. The molecule has 0 spiro atoms. The van der Waals surface area contributed by atoms with Gasteiger partial charge in [0.1, 0.15) is 4.90 Å². The van der Waals surface area contributed by atoms with Crippen molar-refractivity contribution in [1.82, 2.24) is 4.72 Å². The summed E-state index contributed by atoms with van der Waals surface area (Å²) < 4.78 is 27.9. The van der Waals surface area contributed by atoms with Crippen molar-refractivity contribution in [1.29, 1.82) is 0 Å². The third-order valence-corrected chi connectivity index (χ3v) is 6.22. The molecule has 1 aromatic carbocycles. The van der Waals surface area contributed by atoms with Gasteiger partial charge >= 0.3 is 0 Å². The number of nitrogen functional groups attached to an aromatic ring is 1. The van der Waals surface area contributed by atoms with Crippen molar-refractivity contribution >= 4 is 38.9 Å². The van der Waals surface area contributed by atoms with Crippen molar-refractivity contribution in [3.05, 3.63) is 22.2 Å². The Morgan fingerprint density at radius 3 is 1.95 bits per heavy atom. The van der Waals surface area contributed by atoms with Crippen LogP contribution in [0.1, 0.15) is 25.7 Å². The van der Waals surface area contributed by atoms with Crippen molar-refractivity contribution in [3.8, 4) is 0 Å². The maximum Gasteiger partial charge on any atom is 0.243 e. The Balaban J connectivity index is 1.91. The highest BCUT2D eigenvalue weighted by atomic mass is 35.5. The monoisotopic (exact) mass is 334 g/mol. The van der Waals surface area contributed by atoms with Gasteiger partial charge in [0.15, 0.2) is 0 Å². The van der Waals surface area contributed by atoms with Crippen LogP contribution in [0.4, 0.5) is 5.69 Å². The van der Waals surface area contributed by atoms with Crippen LogP contribution < -0.4 is 10.5 Å². The molecule has 7 heteroatoms. The fraction of sp³-hybridized carbons (Fsp3) is 0.538. The van der Waals surface area contributed by atoms with Gasteiger partial charge in [-0.3, -0.25) is 0 Å². The molecule has 0 amide bonds. The number of hydrogen-bond donors (Lipinski definition) is 2. The lowest BCUT2D eigenvalue weighted by Gasteiger charge is -2.19. The lowest BCUT2D eigenvalue weighted by atomic mass is 10.1. The highest BCUT2D eigenvalue weighted by Gasteiger charge is 2.44. The fourth-order valence-corrected chi connectivity index (χ4v) is 5.17. The number of benzene rings is 1. The second-order valence-electron chi connectivity index (χ2n) is 5.64. The maximum absolute atomic E-state index is 12.5. The summed E-state index contributed by atoms with van der Waals surface area (Å²) in [6, 6.07) is 2.83. The molecule has 2 saturated carbocycles. The average molecular weight is 335 g/mol. The molecule has 3 N–H and O–H groups in total. The van der Waals surface area contributed by atoms with Crippen LogP contribution in [0.3, 0.4) is 0 Å². The number of anilines is 1. The van der Waals surface area contributed by atoms with Crippen molar-refractivity contribution in [2.45, 2.75) is 36.6 Å². The Morgan fingerprint density at radius 1 is 1.10 bits per heavy atom. The van der Waals surface area contributed by atoms with Crippen molar-refractivity contribution < 1.29 is 8.42 Å². The number of nitrogens with one attached hydrogen (secondary N) is 1. The topological polar surface area (TPSA) is 72.2 Å². The minimum absolute atomic E-state index is 0.0182. The maximum atomic E-state index is 12.5. The van der Waals surface area contributed by atoms with Gasteiger partial charge in [-0.2, -0.15) is 0 Å². The number of sulfonamides is 1. The van der Waals surface area contributed by atoms with Gasteiger partial charge in [0.2, 0.25) is 10.0 Å². The van der Waals surface area contributed by atoms with E-state index in [1.165, 1.54) is 12.1 Å². The molecule has 2 aliphatic carbocycles. The lowest BCUT2D eigenvalue weighted by Crippen LogP contribution is -2.38. The van der Waals surface area contributed by atoms with Crippen LogP contribution >= 0.6 is 23.2 Å². The molecule has 3 rings (SSSR count). The first-order valence-corrected chi connectivity index (χ1v) is 8.89. The van der Waals surface area contributed by atoms with Gasteiger partial charge in [-0.05, 0) is 49.7 Å². The van der Waals surface area contributed by atoms with Crippen LogP contribution in [-0.4, -0.2) is 14.5 Å². The highest BCUT2D eigenvalue weighted by Crippen LogP contribution is 2.45. The number of halogens is 2. The Hall–Kier alpha value is -0.490. The van der Waals surface area contributed by atoms with Crippen LogP contribution in [0, 0.1) is 11.8 Å². The number of nitrogens with two attached hydrogens (primary N) is 1. The van der Waals surface area contributed by atoms with E-state index in [-0.39, 0.29) is 21.0 Å². The van der Waals surface area contributed by atoms with Crippen molar-refractivity contribution in [2.75, 3.05) is 5.73 Å². The second kappa shape index (κ2) is 5.05. The first-order valence-electron chi connectivity index (χ1n) is 6.65. The number of hydrogen-bond acceptors (Lipinski definition) is 3. The molecule has 0 radical (unpaired) electrons. The van der Waals surface area contributed by atoms with Gasteiger partial charge < -0.3 is 5.73 Å². The smallest absolute Gasteiger partial charge is 0.243 e. The molecule has 110 valence electrons. The standard InChI is InChI=1S/C13H16Cl2N2O2S/c14-10-5-9(16)6-11(15)13(10)20(18,19)17-12(7-1-2-7)8-3-4-8/h5-8,12,17H,1-4,16H2. The van der Waals surface area contributed by atoms with Crippen molar-refractivity contribution in [2.24, 2.45) is 11.8 Å². The largest absolute Gasteiger partial charge is 0.399 e. The Labute approximate surface area is 128 Å². The van der Waals surface area contributed by atoms with Crippen LogP contribution in [-0.2, 0) is 10.0 Å². The van der Waals surface area contributed by atoms with Crippen LogP contribution in [0.25, 0.3) is 0 Å². The summed E-state index contributed by atoms with van der Waals surface area (Å²) in [5, 5.41) is 0.126. The second-order valence-corrected chi connectivity index (χ2v) is 8.10. The van der Waals surface area contributed by atoms with Crippen LogP contribution in [0.15, 0.2) is 17.0 Å². The van der Waals surface area contributed by atoms with Crippen molar-refractivity contribution in [3.63, 3.8) is 0 Å². The molecule has 0 saturated heterocycles. The van der Waals surface area contributed by atoms with Gasteiger partial charge in [-0.1, -0.05) is 23.2 Å². The molecule has 2 fully saturated rings. The summed E-state index contributed by atoms with van der Waals surface area (Å²) in [6.07, 6.45) is 4.36. The molecule has 0 heterocycles. The quantitative estimate of drug-likeness (QED) is 0.813. The third-order valence-electron chi connectivity index (χ3n) is 3.84. The van der Waals surface area contributed by atoms with Gasteiger partial charge in [-0.15, -0.1) is 0 Å². The molecule has 0 aromatic heterocycles. The molecule has 20 heavy (non-hydrogen) atoms. The fourth-order valence-electron chi connectivity index (χ4n) is 2.56. The minimum Gasteiger partial charge on any atom is -0.399 e. The average Bonchev–Trinajstić information content (AvgIpc) is 3.18. The van der Waals surface area contributed by atoms with Gasteiger partial charge in [0.25, 0.3) is 0 Å². The van der Waals surface area contributed by atoms with E-state index in [9.17, 15) is 8.42 Å². The molecule has 0 atom stereocenters. The molecule has 0 aliphatic heterocycles. The van der Waals surface area contributed by atoms with Gasteiger partial charge in [-0.25, -0.2) is 13.1 Å². The zero-order valence-corrected chi connectivity index (χ0v) is 13.1. The summed E-state index contributed by atoms with van der Waals surface area (Å²) in [6.45, 7) is 0. The minimum atomic E-state index is -3.72. The molecular weight excluding hydrogens is 319 g/mol. The zero-order valence-electron chi connectivity index (χ0n) is 10.8. The summed E-state index contributed by atoms with van der Waals surface area (Å²) in [4.78, 5) is -0.0682. The highest BCUT2D eigenvalue weighted by molar-refractivity contribution is 7.89. The number of rotatable bonds is 5. The molecule has 4 nitrogen and oxygen atoms in total. The normalized spacial score (nSPS) is 19.6. The summed E-state index contributed by atoms with van der Waals surface area (Å²) in [5.41, 5.74) is 5.95. The molecule has 0 unspecified atom stereocenters.